The average molecular weight is 863 g/mol. The third-order valence-corrected chi connectivity index (χ3v) is 14.6. The minimum Gasteiger partial charge on any atom is -0.455 e. The van der Waals surface area contributed by atoms with E-state index in [-0.39, 0.29) is 0 Å². The topological polar surface area (TPSA) is 26.3 Å². The highest BCUT2D eigenvalue weighted by atomic mass is 16.3. The summed E-state index contributed by atoms with van der Waals surface area (Å²) in [6.45, 7) is 0. The van der Waals surface area contributed by atoms with E-state index in [0.717, 1.165) is 55.0 Å². The molecule has 2 heterocycles. The van der Waals surface area contributed by atoms with Crippen molar-refractivity contribution in [3.63, 3.8) is 0 Å². The van der Waals surface area contributed by atoms with Crippen molar-refractivity contribution in [2.75, 3.05) is 0 Å². The van der Waals surface area contributed by atoms with Gasteiger partial charge < -0.3 is 8.83 Å². The first-order valence-corrected chi connectivity index (χ1v) is 23.4. The molecule has 0 radical (unpaired) electrons. The van der Waals surface area contributed by atoms with Crippen LogP contribution in [0.3, 0.4) is 0 Å². The summed E-state index contributed by atoms with van der Waals surface area (Å²) in [5.41, 5.74) is 13.0. The SMILES string of the molecule is c1cc(-c2c3ccccc3c(-c3cccc4c3oc3cc5ccccc5cc34)c3ccccc23)cc(-c2c3ccccc3c(-c3cccc4c3oc3cc5ccccc5cc34)c3ccccc23)c1. The molecule has 0 saturated heterocycles. The molecule has 0 aliphatic rings. The van der Waals surface area contributed by atoms with Crippen molar-refractivity contribution in [1.82, 2.24) is 0 Å². The number of furan rings is 2. The van der Waals surface area contributed by atoms with Crippen molar-refractivity contribution in [1.29, 1.82) is 0 Å². The highest BCUT2D eigenvalue weighted by Gasteiger charge is 2.23. The lowest BCUT2D eigenvalue weighted by molar-refractivity contribution is 0.670. The molecule has 2 nitrogen and oxygen atoms in total. The quantitative estimate of drug-likeness (QED) is 0.165. The molecule has 0 aliphatic heterocycles. The molecule has 0 unspecified atom stereocenters. The molecule has 314 valence electrons. The second-order valence-electron chi connectivity index (χ2n) is 18.2. The van der Waals surface area contributed by atoms with Crippen LogP contribution in [-0.4, -0.2) is 0 Å². The van der Waals surface area contributed by atoms with Gasteiger partial charge in [-0.15, -0.1) is 0 Å². The first-order chi connectivity index (χ1) is 33.7. The Bertz CT molecular complexity index is 4220. The van der Waals surface area contributed by atoms with Crippen molar-refractivity contribution in [2.24, 2.45) is 0 Å². The van der Waals surface area contributed by atoms with Crippen molar-refractivity contribution in [2.45, 2.75) is 0 Å². The molecule has 15 aromatic rings. The third kappa shape index (κ3) is 5.34. The van der Waals surface area contributed by atoms with E-state index in [1.165, 1.54) is 98.0 Å². The maximum absolute atomic E-state index is 6.87. The minimum atomic E-state index is 0.904. The third-order valence-electron chi connectivity index (χ3n) is 14.6. The van der Waals surface area contributed by atoms with E-state index in [4.69, 9.17) is 8.83 Å². The van der Waals surface area contributed by atoms with Crippen LogP contribution in [0.1, 0.15) is 0 Å². The zero-order chi connectivity index (χ0) is 44.5. The fraction of sp³-hybridized carbons (Fsp3) is 0. The summed E-state index contributed by atoms with van der Waals surface area (Å²) < 4.78 is 13.7. The summed E-state index contributed by atoms with van der Waals surface area (Å²) in [7, 11) is 0. The van der Waals surface area contributed by atoms with Gasteiger partial charge in [0.15, 0.2) is 0 Å². The molecule has 0 fully saturated rings. The van der Waals surface area contributed by atoms with Gasteiger partial charge >= 0.3 is 0 Å². The molecule has 0 aliphatic carbocycles. The number of rotatable bonds is 4. The van der Waals surface area contributed by atoms with Crippen LogP contribution in [0, 0.1) is 0 Å². The molecule has 68 heavy (non-hydrogen) atoms. The summed E-state index contributed by atoms with van der Waals surface area (Å²) in [5.74, 6) is 0. The number of fused-ring (bicyclic) bond motifs is 12. The number of hydrogen-bond acceptors (Lipinski definition) is 2. The van der Waals surface area contributed by atoms with Crippen LogP contribution in [-0.2, 0) is 0 Å². The Hall–Kier alpha value is -8.98. The maximum atomic E-state index is 6.87. The number of para-hydroxylation sites is 2. The molecule has 0 spiro atoms. The van der Waals surface area contributed by atoms with E-state index in [9.17, 15) is 0 Å². The number of benzene rings is 13. The fourth-order valence-corrected chi connectivity index (χ4v) is 11.6. The zero-order valence-electron chi connectivity index (χ0n) is 36.8. The molecule has 15 rings (SSSR count). The van der Waals surface area contributed by atoms with Gasteiger partial charge in [-0.3, -0.25) is 0 Å². The Balaban J connectivity index is 0.954. The van der Waals surface area contributed by atoms with Gasteiger partial charge in [0.1, 0.15) is 22.3 Å². The van der Waals surface area contributed by atoms with Crippen LogP contribution in [0.25, 0.3) is 153 Å². The predicted octanol–water partition coefficient (Wildman–Crippen LogP) is 19.1. The van der Waals surface area contributed by atoms with Gasteiger partial charge in [0, 0.05) is 43.8 Å². The van der Waals surface area contributed by atoms with Gasteiger partial charge in [-0.05, 0) is 117 Å². The van der Waals surface area contributed by atoms with Crippen molar-refractivity contribution < 1.29 is 8.83 Å². The van der Waals surface area contributed by atoms with Gasteiger partial charge in [0.2, 0.25) is 0 Å². The molecule has 13 aromatic carbocycles. The second-order valence-corrected chi connectivity index (χ2v) is 18.2. The monoisotopic (exact) mass is 862 g/mol. The molecule has 0 amide bonds. The van der Waals surface area contributed by atoms with Crippen molar-refractivity contribution in [3.05, 3.63) is 231 Å². The van der Waals surface area contributed by atoms with Crippen LogP contribution in [0.2, 0.25) is 0 Å². The van der Waals surface area contributed by atoms with Gasteiger partial charge in [-0.1, -0.05) is 200 Å². The summed E-state index contributed by atoms with van der Waals surface area (Å²) in [4.78, 5) is 0. The first-order valence-electron chi connectivity index (χ1n) is 23.4. The molecule has 0 atom stereocenters. The van der Waals surface area contributed by atoms with E-state index in [1.54, 1.807) is 0 Å². The van der Waals surface area contributed by atoms with E-state index in [2.05, 4.69) is 231 Å². The first kappa shape index (κ1) is 37.3. The molecular formula is C66H38O2. The lowest BCUT2D eigenvalue weighted by Crippen LogP contribution is -1.93. The zero-order valence-corrected chi connectivity index (χ0v) is 36.8. The van der Waals surface area contributed by atoms with E-state index in [0.29, 0.717) is 0 Å². The standard InChI is InChI=1S/C66H38O2/c1-3-18-41-37-59-57(35-39(41)16-1)53-30-14-32-55(65(53)67-59)63-49-26-9-5-22-45(49)61(46-23-6-10-27-50(46)63)43-20-13-21-44(34-43)62-47-24-7-11-28-51(47)64(52-29-12-8-25-48(52)62)56-33-15-31-54-58-36-40-17-2-4-19-42(40)38-60(58)68-66(54)56/h1-38H. The Morgan fingerprint density at radius 1 is 0.206 bits per heavy atom. The van der Waals surface area contributed by atoms with E-state index >= 15 is 0 Å². The Morgan fingerprint density at radius 2 is 0.500 bits per heavy atom. The molecule has 0 bridgehead atoms. The van der Waals surface area contributed by atoms with Crippen LogP contribution >= 0.6 is 0 Å². The lowest BCUT2D eigenvalue weighted by atomic mass is 9.83. The van der Waals surface area contributed by atoms with Gasteiger partial charge in [-0.25, -0.2) is 0 Å². The average Bonchev–Trinajstić information content (AvgIpc) is 3.95. The van der Waals surface area contributed by atoms with Gasteiger partial charge in [0.25, 0.3) is 0 Å². The molecule has 0 N–H and O–H groups in total. The van der Waals surface area contributed by atoms with Crippen LogP contribution in [0.15, 0.2) is 239 Å². The Labute approximate surface area is 390 Å². The molecule has 2 heteroatoms. The summed E-state index contributed by atoms with van der Waals surface area (Å²) in [6, 6.07) is 84.1. The van der Waals surface area contributed by atoms with Crippen molar-refractivity contribution >= 4 is 109 Å². The predicted molar refractivity (Wildman–Crippen MR) is 288 cm³/mol. The Morgan fingerprint density at radius 3 is 0.868 bits per heavy atom. The molecular weight excluding hydrogens is 825 g/mol. The normalized spacial score (nSPS) is 12.1. The lowest BCUT2D eigenvalue weighted by Gasteiger charge is -2.20. The fourth-order valence-electron chi connectivity index (χ4n) is 11.6. The second kappa shape index (κ2) is 14.3. The van der Waals surface area contributed by atoms with Crippen LogP contribution < -0.4 is 0 Å². The van der Waals surface area contributed by atoms with Crippen LogP contribution in [0.5, 0.6) is 0 Å². The van der Waals surface area contributed by atoms with Crippen LogP contribution in [0.4, 0.5) is 0 Å². The van der Waals surface area contributed by atoms with Crippen molar-refractivity contribution in [3.8, 4) is 44.5 Å². The largest absolute Gasteiger partial charge is 0.455 e. The highest BCUT2D eigenvalue weighted by molar-refractivity contribution is 6.27. The molecule has 0 saturated carbocycles. The minimum absolute atomic E-state index is 0.904. The maximum Gasteiger partial charge on any atom is 0.143 e. The smallest absolute Gasteiger partial charge is 0.143 e. The summed E-state index contributed by atoms with van der Waals surface area (Å²) in [6.07, 6.45) is 0. The van der Waals surface area contributed by atoms with E-state index in [1.807, 2.05) is 0 Å². The Kier molecular flexibility index (Phi) is 7.81. The molecule has 2 aromatic heterocycles. The van der Waals surface area contributed by atoms with Gasteiger partial charge in [-0.2, -0.15) is 0 Å². The highest BCUT2D eigenvalue weighted by Crippen LogP contribution is 2.50. The summed E-state index contributed by atoms with van der Waals surface area (Å²) in [5, 5.41) is 18.9. The van der Waals surface area contributed by atoms with E-state index < -0.39 is 0 Å². The summed E-state index contributed by atoms with van der Waals surface area (Å²) >= 11 is 0. The number of hydrogen-bond donors (Lipinski definition) is 0. The van der Waals surface area contributed by atoms with Gasteiger partial charge in [0.05, 0.1) is 0 Å².